The minimum atomic E-state index is 0.150. The highest BCUT2D eigenvalue weighted by molar-refractivity contribution is 7.17. The molecule has 1 fully saturated rings. The Morgan fingerprint density at radius 3 is 2.33 bits per heavy atom. The Morgan fingerprint density at radius 2 is 1.89 bits per heavy atom. The molecular weight excluding hydrogens is 244 g/mol. The Kier molecular flexibility index (Phi) is 4.22. The van der Waals surface area contributed by atoms with Gasteiger partial charge >= 0.3 is 0 Å². The fourth-order valence-electron chi connectivity index (χ4n) is 2.30. The molecule has 0 unspecified atom stereocenters. The van der Waals surface area contributed by atoms with Crippen LogP contribution in [0.1, 0.15) is 56.0 Å². The number of nitrogens with two attached hydrogens (primary N) is 1. The molecule has 5 heteroatoms. The minimum Gasteiger partial charge on any atom is -0.383 e. The van der Waals surface area contributed by atoms with Gasteiger partial charge < -0.3 is 10.6 Å². The van der Waals surface area contributed by atoms with Crippen LogP contribution < -0.4 is 10.6 Å². The largest absolute Gasteiger partial charge is 0.383 e. The van der Waals surface area contributed by atoms with Crippen molar-refractivity contribution >= 4 is 22.3 Å². The van der Waals surface area contributed by atoms with Gasteiger partial charge in [0.2, 0.25) is 0 Å². The van der Waals surface area contributed by atoms with Crippen molar-refractivity contribution in [2.75, 3.05) is 18.0 Å². The zero-order chi connectivity index (χ0) is 13.1. The van der Waals surface area contributed by atoms with Crippen LogP contribution in [0.5, 0.6) is 0 Å². The zero-order valence-electron chi connectivity index (χ0n) is 11.2. The number of thiazole rings is 1. The standard InChI is InChI=1S/C13H22N4S/c1-9(2)10-11(12(14)15)18-13(16-10)17-7-5-3-4-6-8-17/h9H,3-8H2,1-2H3,(H3,14,15). The maximum Gasteiger partial charge on any atom is 0.186 e. The van der Waals surface area contributed by atoms with Crippen LogP contribution in [0.25, 0.3) is 0 Å². The Hall–Kier alpha value is -1.10. The van der Waals surface area contributed by atoms with E-state index in [-0.39, 0.29) is 5.84 Å². The Morgan fingerprint density at radius 1 is 1.28 bits per heavy atom. The first-order valence-corrected chi connectivity index (χ1v) is 7.51. The first kappa shape index (κ1) is 13.3. The second kappa shape index (κ2) is 5.69. The summed E-state index contributed by atoms with van der Waals surface area (Å²) < 4.78 is 0. The van der Waals surface area contributed by atoms with Crippen molar-refractivity contribution in [3.05, 3.63) is 10.6 Å². The second-order valence-corrected chi connectivity index (χ2v) is 6.16. The molecule has 0 atom stereocenters. The molecule has 1 saturated heterocycles. The number of anilines is 1. The molecule has 0 radical (unpaired) electrons. The van der Waals surface area contributed by atoms with Crippen molar-refractivity contribution in [1.29, 1.82) is 5.41 Å². The lowest BCUT2D eigenvalue weighted by Gasteiger charge is -2.18. The van der Waals surface area contributed by atoms with Gasteiger partial charge in [-0.3, -0.25) is 5.41 Å². The van der Waals surface area contributed by atoms with Crippen LogP contribution in [0.3, 0.4) is 0 Å². The summed E-state index contributed by atoms with van der Waals surface area (Å²) >= 11 is 1.58. The molecule has 0 bridgehead atoms. The first-order chi connectivity index (χ1) is 8.59. The topological polar surface area (TPSA) is 66.0 Å². The van der Waals surface area contributed by atoms with E-state index in [4.69, 9.17) is 16.1 Å². The molecule has 0 aliphatic carbocycles. The van der Waals surface area contributed by atoms with Crippen LogP contribution in [0, 0.1) is 5.41 Å². The molecule has 4 nitrogen and oxygen atoms in total. The van der Waals surface area contributed by atoms with E-state index < -0.39 is 0 Å². The molecule has 1 aromatic heterocycles. The van der Waals surface area contributed by atoms with Gasteiger partial charge in [-0.25, -0.2) is 4.98 Å². The van der Waals surface area contributed by atoms with Crippen LogP contribution in [0.4, 0.5) is 5.13 Å². The van der Waals surface area contributed by atoms with Crippen molar-refractivity contribution in [3.8, 4) is 0 Å². The SMILES string of the molecule is CC(C)c1nc(N2CCCCCC2)sc1C(=N)N. The van der Waals surface area contributed by atoms with E-state index in [1.54, 1.807) is 11.3 Å². The van der Waals surface area contributed by atoms with Crippen molar-refractivity contribution in [2.45, 2.75) is 45.4 Å². The van der Waals surface area contributed by atoms with Crippen molar-refractivity contribution < 1.29 is 0 Å². The van der Waals surface area contributed by atoms with E-state index in [1.165, 1.54) is 25.7 Å². The van der Waals surface area contributed by atoms with Gasteiger partial charge in [-0.1, -0.05) is 38.0 Å². The van der Waals surface area contributed by atoms with Crippen LogP contribution >= 0.6 is 11.3 Å². The molecule has 0 spiro atoms. The highest BCUT2D eigenvalue weighted by Gasteiger charge is 2.20. The molecule has 3 N–H and O–H groups in total. The van der Waals surface area contributed by atoms with Gasteiger partial charge in [0, 0.05) is 13.1 Å². The number of nitrogens with one attached hydrogen (secondary N) is 1. The Labute approximate surface area is 113 Å². The van der Waals surface area contributed by atoms with Gasteiger partial charge in [0.15, 0.2) is 5.13 Å². The van der Waals surface area contributed by atoms with E-state index in [1.807, 2.05) is 0 Å². The molecule has 0 amide bonds. The van der Waals surface area contributed by atoms with E-state index in [9.17, 15) is 0 Å². The zero-order valence-corrected chi connectivity index (χ0v) is 12.0. The summed E-state index contributed by atoms with van der Waals surface area (Å²) in [6, 6.07) is 0. The van der Waals surface area contributed by atoms with Crippen LogP contribution in [-0.4, -0.2) is 23.9 Å². The number of hydrogen-bond acceptors (Lipinski definition) is 4. The lowest BCUT2D eigenvalue weighted by Crippen LogP contribution is -2.23. The number of hydrogen-bond donors (Lipinski definition) is 2. The monoisotopic (exact) mass is 266 g/mol. The molecule has 1 aliphatic heterocycles. The van der Waals surface area contributed by atoms with Crippen LogP contribution in [0.15, 0.2) is 0 Å². The number of nitrogens with zero attached hydrogens (tertiary/aromatic N) is 2. The molecule has 1 aromatic rings. The second-order valence-electron chi connectivity index (χ2n) is 5.18. The molecule has 18 heavy (non-hydrogen) atoms. The van der Waals surface area contributed by atoms with E-state index >= 15 is 0 Å². The fourth-order valence-corrected chi connectivity index (χ4v) is 3.44. The summed E-state index contributed by atoms with van der Waals surface area (Å²) in [7, 11) is 0. The molecular formula is C13H22N4S. The number of rotatable bonds is 3. The lowest BCUT2D eigenvalue weighted by atomic mass is 10.1. The van der Waals surface area contributed by atoms with Crippen molar-refractivity contribution in [2.24, 2.45) is 5.73 Å². The summed E-state index contributed by atoms with van der Waals surface area (Å²) in [5, 5.41) is 8.72. The van der Waals surface area contributed by atoms with Gasteiger partial charge in [-0.15, -0.1) is 0 Å². The van der Waals surface area contributed by atoms with Crippen molar-refractivity contribution in [3.63, 3.8) is 0 Å². The number of aromatic nitrogens is 1. The fraction of sp³-hybridized carbons (Fsp3) is 0.692. The minimum absolute atomic E-state index is 0.150. The predicted molar refractivity (Wildman–Crippen MR) is 77.9 cm³/mol. The summed E-state index contributed by atoms with van der Waals surface area (Å²) in [5.74, 6) is 0.471. The van der Waals surface area contributed by atoms with Crippen LogP contribution in [-0.2, 0) is 0 Å². The molecule has 0 saturated carbocycles. The third kappa shape index (κ3) is 2.83. The summed E-state index contributed by atoms with van der Waals surface area (Å²) in [6.45, 7) is 6.38. The van der Waals surface area contributed by atoms with E-state index in [0.29, 0.717) is 5.92 Å². The van der Waals surface area contributed by atoms with E-state index in [2.05, 4.69) is 18.7 Å². The third-order valence-electron chi connectivity index (χ3n) is 3.31. The molecule has 1 aliphatic rings. The highest BCUT2D eigenvalue weighted by Crippen LogP contribution is 2.31. The normalized spacial score (nSPS) is 16.9. The van der Waals surface area contributed by atoms with Gasteiger partial charge in [0.25, 0.3) is 0 Å². The highest BCUT2D eigenvalue weighted by atomic mass is 32.1. The summed E-state index contributed by atoms with van der Waals surface area (Å²) in [6.07, 6.45) is 5.12. The molecule has 2 rings (SSSR count). The predicted octanol–water partition coefficient (Wildman–Crippen LogP) is 2.93. The maximum atomic E-state index is 7.67. The van der Waals surface area contributed by atoms with Gasteiger partial charge in [-0.05, 0) is 18.8 Å². The quantitative estimate of drug-likeness (QED) is 0.653. The van der Waals surface area contributed by atoms with Gasteiger partial charge in [0.05, 0.1) is 10.6 Å². The Balaban J connectivity index is 2.27. The average molecular weight is 266 g/mol. The third-order valence-corrected chi connectivity index (χ3v) is 4.48. The summed E-state index contributed by atoms with van der Waals surface area (Å²) in [5.41, 5.74) is 6.64. The first-order valence-electron chi connectivity index (χ1n) is 6.69. The van der Waals surface area contributed by atoms with Gasteiger partial charge in [-0.2, -0.15) is 0 Å². The smallest absolute Gasteiger partial charge is 0.186 e. The molecule has 100 valence electrons. The van der Waals surface area contributed by atoms with E-state index in [0.717, 1.165) is 28.8 Å². The molecule has 0 aromatic carbocycles. The van der Waals surface area contributed by atoms with Crippen LogP contribution in [0.2, 0.25) is 0 Å². The van der Waals surface area contributed by atoms with Gasteiger partial charge in [0.1, 0.15) is 5.84 Å². The molecule has 2 heterocycles. The van der Waals surface area contributed by atoms with Crippen molar-refractivity contribution in [1.82, 2.24) is 4.98 Å². The number of nitrogen functional groups attached to an aromatic ring is 1. The summed E-state index contributed by atoms with van der Waals surface area (Å²) in [4.78, 5) is 7.93. The maximum absolute atomic E-state index is 7.67. The lowest BCUT2D eigenvalue weighted by molar-refractivity contribution is 0.726. The average Bonchev–Trinajstić information content (AvgIpc) is 2.59. The Bertz CT molecular complexity index is 417. The number of amidine groups is 1.